The van der Waals surface area contributed by atoms with Crippen LogP contribution in [0.15, 0.2) is 95.2 Å². The molecule has 0 atom stereocenters. The summed E-state index contributed by atoms with van der Waals surface area (Å²) in [6.07, 6.45) is 3.40. The summed E-state index contributed by atoms with van der Waals surface area (Å²) in [4.78, 5) is 35.4. The van der Waals surface area contributed by atoms with Crippen molar-refractivity contribution in [2.75, 3.05) is 34.9 Å². The van der Waals surface area contributed by atoms with E-state index in [0.29, 0.717) is 33.9 Å². The third-order valence-corrected chi connectivity index (χ3v) is 9.77. The first-order valence-corrected chi connectivity index (χ1v) is 17.6. The molecule has 6 rings (SSSR count). The number of fused-ring (bicyclic) bond motifs is 2. The standard InChI is InChI=1S/C19H20N2O4S.C18H18N2O4S/c1-21-11-20-18-14(10-26-13-7-5-4-6-8-13)17(19(22)24-3)16(9-15(18)21)25-12-23-2;1-20-10-19-17-13(9-25-12-6-4-3-5-7-12)16(18(21)22)15(8-14(17)20)24-11-23-2/h4-9,11H,10,12H2,1-3H3;3-8,10H,9,11H2,1-2H3,(H,21,22). The van der Waals surface area contributed by atoms with Gasteiger partial charge in [0.25, 0.3) is 0 Å². The van der Waals surface area contributed by atoms with Gasteiger partial charge in [0.1, 0.15) is 22.6 Å². The van der Waals surface area contributed by atoms with Crippen LogP contribution < -0.4 is 9.47 Å². The predicted molar refractivity (Wildman–Crippen MR) is 197 cm³/mol. The number of carboxylic acid groups (broad SMARTS) is 1. The van der Waals surface area contributed by atoms with E-state index in [9.17, 15) is 14.7 Å². The number of hydrogen-bond donors (Lipinski definition) is 1. The molecule has 1 N–H and O–H groups in total. The van der Waals surface area contributed by atoms with E-state index in [4.69, 9.17) is 23.7 Å². The number of aromatic carboxylic acids is 1. The first kappa shape index (κ1) is 37.2. The van der Waals surface area contributed by atoms with Crippen molar-refractivity contribution in [3.05, 3.63) is 108 Å². The Labute approximate surface area is 303 Å². The van der Waals surface area contributed by atoms with Crippen molar-refractivity contribution < 1.29 is 38.4 Å². The van der Waals surface area contributed by atoms with E-state index in [1.165, 1.54) is 21.3 Å². The quantitative estimate of drug-likeness (QED) is 0.0691. The smallest absolute Gasteiger partial charge is 0.342 e. The molecule has 0 amide bonds. The van der Waals surface area contributed by atoms with E-state index in [0.717, 1.165) is 31.9 Å². The number of hydrogen-bond acceptors (Lipinski definition) is 11. The lowest BCUT2D eigenvalue weighted by Crippen LogP contribution is -2.11. The molecule has 0 unspecified atom stereocenters. The maximum absolute atomic E-state index is 12.5. The van der Waals surface area contributed by atoms with Crippen molar-refractivity contribution in [1.29, 1.82) is 0 Å². The summed E-state index contributed by atoms with van der Waals surface area (Å²) in [5.41, 5.74) is 5.09. The molecular weight excluding hydrogens is 693 g/mol. The fraction of sp³-hybridized carbons (Fsp3) is 0.243. The van der Waals surface area contributed by atoms with Crippen molar-refractivity contribution in [2.24, 2.45) is 14.1 Å². The van der Waals surface area contributed by atoms with E-state index in [2.05, 4.69) is 9.97 Å². The number of thioether (sulfide) groups is 2. The molecule has 2 heterocycles. The lowest BCUT2D eigenvalue weighted by atomic mass is 10.1. The first-order chi connectivity index (χ1) is 24.8. The Hall–Kier alpha value is -5.02. The number of imidazole rings is 2. The lowest BCUT2D eigenvalue weighted by Gasteiger charge is -2.15. The summed E-state index contributed by atoms with van der Waals surface area (Å²) in [6.45, 7) is 0.0214. The average Bonchev–Trinajstić information content (AvgIpc) is 3.72. The summed E-state index contributed by atoms with van der Waals surface area (Å²) in [7, 11) is 8.16. The van der Waals surface area contributed by atoms with Crippen LogP contribution in [0.25, 0.3) is 22.1 Å². The summed E-state index contributed by atoms with van der Waals surface area (Å²) in [5.74, 6) is 0.261. The number of carbonyl (C=O) groups is 2. The number of aryl methyl sites for hydroxylation is 2. The van der Waals surface area contributed by atoms with Crippen molar-refractivity contribution in [2.45, 2.75) is 21.3 Å². The highest BCUT2D eigenvalue weighted by Gasteiger charge is 2.25. The molecule has 0 saturated carbocycles. The van der Waals surface area contributed by atoms with Crippen molar-refractivity contribution in [3.63, 3.8) is 0 Å². The normalized spacial score (nSPS) is 10.9. The highest BCUT2D eigenvalue weighted by atomic mass is 32.2. The summed E-state index contributed by atoms with van der Waals surface area (Å²) >= 11 is 3.19. The van der Waals surface area contributed by atoms with Crippen LogP contribution in [-0.2, 0) is 39.8 Å². The third-order valence-electron chi connectivity index (χ3n) is 7.69. The lowest BCUT2D eigenvalue weighted by molar-refractivity contribution is 0.0463. The van der Waals surface area contributed by atoms with E-state index in [1.807, 2.05) is 83.9 Å². The van der Waals surface area contributed by atoms with Crippen LogP contribution in [0.1, 0.15) is 31.8 Å². The molecule has 51 heavy (non-hydrogen) atoms. The van der Waals surface area contributed by atoms with Gasteiger partial charge in [0.2, 0.25) is 0 Å². The number of ether oxygens (including phenoxy) is 5. The van der Waals surface area contributed by atoms with E-state index in [-0.39, 0.29) is 24.9 Å². The Bertz CT molecular complexity index is 2100. The van der Waals surface area contributed by atoms with Crippen molar-refractivity contribution in [3.8, 4) is 11.5 Å². The number of esters is 1. The van der Waals surface area contributed by atoms with Gasteiger partial charge in [0, 0.05) is 72.9 Å². The molecule has 0 saturated heterocycles. The molecule has 4 aromatic carbocycles. The molecule has 12 nitrogen and oxygen atoms in total. The SMILES string of the molecule is COCOc1cc2c(ncn2C)c(CSc2ccccc2)c1C(=O)O.COCOc1cc2c(ncn2C)c(CSc2ccccc2)c1C(=O)OC. The average molecular weight is 731 g/mol. The van der Waals surface area contributed by atoms with Gasteiger partial charge in [-0.2, -0.15) is 0 Å². The largest absolute Gasteiger partial charge is 0.478 e. The highest BCUT2D eigenvalue weighted by Crippen LogP contribution is 2.36. The Morgan fingerprint density at radius 2 is 1.12 bits per heavy atom. The molecule has 0 aliphatic carbocycles. The highest BCUT2D eigenvalue weighted by molar-refractivity contribution is 7.98. The molecule has 2 aromatic heterocycles. The Balaban J connectivity index is 0.000000198. The van der Waals surface area contributed by atoms with Crippen LogP contribution in [0, 0.1) is 0 Å². The first-order valence-electron chi connectivity index (χ1n) is 15.6. The van der Waals surface area contributed by atoms with Crippen LogP contribution in [0.3, 0.4) is 0 Å². The maximum atomic E-state index is 12.5. The summed E-state index contributed by atoms with van der Waals surface area (Å²) in [6, 6.07) is 23.3. The maximum Gasteiger partial charge on any atom is 0.342 e. The fourth-order valence-electron chi connectivity index (χ4n) is 5.27. The van der Waals surface area contributed by atoms with Crippen LogP contribution in [-0.4, -0.2) is 71.1 Å². The molecule has 14 heteroatoms. The predicted octanol–water partition coefficient (Wildman–Crippen LogP) is 7.18. The number of nitrogens with zero attached hydrogens (tertiary/aromatic N) is 4. The second kappa shape index (κ2) is 17.8. The third kappa shape index (κ3) is 8.83. The van der Waals surface area contributed by atoms with Crippen molar-refractivity contribution >= 4 is 57.5 Å². The summed E-state index contributed by atoms with van der Waals surface area (Å²) < 4.78 is 29.9. The number of methoxy groups -OCH3 is 3. The number of rotatable bonds is 14. The number of carbonyl (C=O) groups excluding carboxylic acids is 1. The number of benzene rings is 4. The minimum Gasteiger partial charge on any atom is -0.478 e. The zero-order valence-corrected chi connectivity index (χ0v) is 30.5. The molecule has 6 aromatic rings. The van der Waals surface area contributed by atoms with Gasteiger partial charge in [-0.1, -0.05) is 36.4 Å². The second-order valence-electron chi connectivity index (χ2n) is 11.0. The second-order valence-corrected chi connectivity index (χ2v) is 13.1. The molecular formula is C37H38N4O8S2. The zero-order valence-electron chi connectivity index (χ0n) is 28.8. The minimum absolute atomic E-state index is 0.0189. The van der Waals surface area contributed by atoms with Gasteiger partial charge in [0.05, 0.1) is 41.8 Å². The topological polar surface area (TPSA) is 136 Å². The molecule has 0 spiro atoms. The van der Waals surface area contributed by atoms with E-state index >= 15 is 0 Å². The van der Waals surface area contributed by atoms with Gasteiger partial charge in [-0.05, 0) is 24.3 Å². The van der Waals surface area contributed by atoms with E-state index < -0.39 is 11.9 Å². The van der Waals surface area contributed by atoms with Gasteiger partial charge in [-0.3, -0.25) is 0 Å². The van der Waals surface area contributed by atoms with Crippen molar-refractivity contribution in [1.82, 2.24) is 19.1 Å². The summed E-state index contributed by atoms with van der Waals surface area (Å²) in [5, 5.41) is 9.74. The monoisotopic (exact) mass is 730 g/mol. The molecule has 0 fully saturated rings. The molecule has 0 aliphatic rings. The van der Waals surface area contributed by atoms with Gasteiger partial charge in [-0.25, -0.2) is 19.6 Å². The minimum atomic E-state index is -1.04. The molecule has 266 valence electrons. The zero-order chi connectivity index (χ0) is 36.3. The molecule has 0 radical (unpaired) electrons. The molecule has 0 bridgehead atoms. The van der Waals surface area contributed by atoms with Crippen LogP contribution >= 0.6 is 23.5 Å². The Morgan fingerprint density at radius 1 is 0.686 bits per heavy atom. The fourth-order valence-corrected chi connectivity index (χ4v) is 7.15. The molecule has 0 aliphatic heterocycles. The van der Waals surface area contributed by atoms with Gasteiger partial charge in [0.15, 0.2) is 13.6 Å². The number of carboxylic acids is 1. The Morgan fingerprint density at radius 3 is 1.53 bits per heavy atom. The van der Waals surface area contributed by atoms with E-state index in [1.54, 1.807) is 48.3 Å². The van der Waals surface area contributed by atoms with Gasteiger partial charge in [-0.15, -0.1) is 23.5 Å². The van der Waals surface area contributed by atoms with Crippen LogP contribution in [0.5, 0.6) is 11.5 Å². The van der Waals surface area contributed by atoms with Crippen LogP contribution in [0.2, 0.25) is 0 Å². The number of aromatic nitrogens is 4. The van der Waals surface area contributed by atoms with Gasteiger partial charge < -0.3 is 37.9 Å². The Kier molecular flexibility index (Phi) is 13.0. The van der Waals surface area contributed by atoms with Gasteiger partial charge >= 0.3 is 11.9 Å². The van der Waals surface area contributed by atoms with Crippen LogP contribution in [0.4, 0.5) is 0 Å².